The molecule has 0 aromatic heterocycles. The maximum Gasteiger partial charge on any atom is -0.0168 e. The first-order chi connectivity index (χ1) is 6.45. The fraction of sp³-hybridized carbons (Fsp3) is 1.00. The summed E-state index contributed by atoms with van der Waals surface area (Å²) in [6.07, 6.45) is 15.2. The third-order valence-corrected chi connectivity index (χ3v) is 5.45. The van der Waals surface area contributed by atoms with Gasteiger partial charge in [-0.3, -0.25) is 0 Å². The van der Waals surface area contributed by atoms with Crippen LogP contribution >= 0.6 is 8.58 Å². The van der Waals surface area contributed by atoms with Crippen LogP contribution in [0, 0.1) is 0 Å². The predicted molar refractivity (Wildman–Crippen MR) is 60.7 cm³/mol. The van der Waals surface area contributed by atoms with Gasteiger partial charge in [0.05, 0.1) is 0 Å². The molecule has 2 fully saturated rings. The summed E-state index contributed by atoms with van der Waals surface area (Å²) in [5.74, 6) is 0. The Bertz CT molecular complexity index is 132. The molecule has 0 aliphatic heterocycles. The maximum absolute atomic E-state index is 1.83. The van der Waals surface area contributed by atoms with E-state index in [1.807, 2.05) is 8.58 Å². The normalized spacial score (nSPS) is 28.6. The Hall–Kier alpha value is 0.430. The third kappa shape index (κ3) is 3.24. The summed E-state index contributed by atoms with van der Waals surface area (Å²) >= 11 is 0. The van der Waals surface area contributed by atoms with E-state index in [4.69, 9.17) is 0 Å². The second-order valence-electron chi connectivity index (χ2n) is 4.73. The summed E-state index contributed by atoms with van der Waals surface area (Å²) < 4.78 is 0. The van der Waals surface area contributed by atoms with Gasteiger partial charge in [-0.05, 0) is 37.0 Å². The standard InChI is InChI=1S/C12H22P/c1-2-4-7-11(8-5-3-1)13-12-9-6-10-12/h11-12H,1-10H2. The molecule has 1 radical (unpaired) electrons. The summed E-state index contributed by atoms with van der Waals surface area (Å²) in [5, 5.41) is 0. The van der Waals surface area contributed by atoms with Crippen LogP contribution in [0.1, 0.15) is 64.2 Å². The maximum atomic E-state index is 1.83. The van der Waals surface area contributed by atoms with Crippen LogP contribution in [0.4, 0.5) is 0 Å². The van der Waals surface area contributed by atoms with Gasteiger partial charge in [-0.1, -0.05) is 47.1 Å². The Morgan fingerprint density at radius 3 is 1.46 bits per heavy atom. The first kappa shape index (κ1) is 9.97. The summed E-state index contributed by atoms with van der Waals surface area (Å²) in [4.78, 5) is 0. The van der Waals surface area contributed by atoms with Crippen molar-refractivity contribution in [1.82, 2.24) is 0 Å². The predicted octanol–water partition coefficient (Wildman–Crippen LogP) is 4.60. The van der Waals surface area contributed by atoms with Crippen molar-refractivity contribution in [2.24, 2.45) is 0 Å². The topological polar surface area (TPSA) is 0 Å². The zero-order valence-corrected chi connectivity index (χ0v) is 9.57. The van der Waals surface area contributed by atoms with Gasteiger partial charge in [0.15, 0.2) is 0 Å². The van der Waals surface area contributed by atoms with E-state index in [0.717, 1.165) is 11.3 Å². The van der Waals surface area contributed by atoms with Crippen LogP contribution < -0.4 is 0 Å². The van der Waals surface area contributed by atoms with E-state index in [9.17, 15) is 0 Å². The van der Waals surface area contributed by atoms with Crippen molar-refractivity contribution in [1.29, 1.82) is 0 Å². The summed E-state index contributed by atoms with van der Waals surface area (Å²) in [6, 6.07) is 0. The van der Waals surface area contributed by atoms with Gasteiger partial charge in [-0.2, -0.15) is 0 Å². The minimum absolute atomic E-state index is 1.09. The van der Waals surface area contributed by atoms with Crippen LogP contribution in [0.3, 0.4) is 0 Å². The highest BCUT2D eigenvalue weighted by Crippen LogP contribution is 2.43. The highest BCUT2D eigenvalue weighted by atomic mass is 31.1. The largest absolute Gasteiger partial charge is 0.0741 e. The molecule has 0 spiro atoms. The average Bonchev–Trinajstić information content (AvgIpc) is 1.99. The van der Waals surface area contributed by atoms with E-state index in [1.54, 1.807) is 0 Å². The van der Waals surface area contributed by atoms with E-state index in [2.05, 4.69) is 0 Å². The lowest BCUT2D eigenvalue weighted by Gasteiger charge is -2.29. The molecule has 2 aliphatic rings. The molecule has 0 aromatic carbocycles. The van der Waals surface area contributed by atoms with Crippen molar-refractivity contribution in [2.45, 2.75) is 75.5 Å². The van der Waals surface area contributed by atoms with Crippen molar-refractivity contribution >= 4 is 8.58 Å². The highest BCUT2D eigenvalue weighted by Gasteiger charge is 2.22. The van der Waals surface area contributed by atoms with Gasteiger partial charge in [0, 0.05) is 0 Å². The lowest BCUT2D eigenvalue weighted by atomic mass is 9.99. The molecule has 0 atom stereocenters. The Labute approximate surface area is 84.7 Å². The van der Waals surface area contributed by atoms with Crippen LogP contribution in [0.15, 0.2) is 0 Å². The van der Waals surface area contributed by atoms with E-state index >= 15 is 0 Å². The van der Waals surface area contributed by atoms with Gasteiger partial charge in [-0.25, -0.2) is 0 Å². The van der Waals surface area contributed by atoms with Gasteiger partial charge in [0.2, 0.25) is 0 Å². The highest BCUT2D eigenvalue weighted by molar-refractivity contribution is 7.39. The molecule has 2 saturated carbocycles. The van der Waals surface area contributed by atoms with E-state index in [1.165, 1.54) is 64.2 Å². The fourth-order valence-electron chi connectivity index (χ4n) is 2.42. The van der Waals surface area contributed by atoms with Crippen molar-refractivity contribution in [3.63, 3.8) is 0 Å². The van der Waals surface area contributed by atoms with E-state index in [-0.39, 0.29) is 0 Å². The molecular formula is C12H22P. The molecule has 75 valence electrons. The van der Waals surface area contributed by atoms with Crippen molar-refractivity contribution in [3.05, 3.63) is 0 Å². The average molecular weight is 197 g/mol. The molecule has 2 rings (SSSR count). The minimum atomic E-state index is 1.09. The Morgan fingerprint density at radius 2 is 1.00 bits per heavy atom. The SMILES string of the molecule is C1CCCC([P]C2CCC2)CCC1. The molecule has 0 heterocycles. The van der Waals surface area contributed by atoms with Crippen molar-refractivity contribution < 1.29 is 0 Å². The molecule has 13 heavy (non-hydrogen) atoms. The zero-order valence-electron chi connectivity index (χ0n) is 8.67. The molecule has 0 N–H and O–H groups in total. The van der Waals surface area contributed by atoms with Gasteiger partial charge in [-0.15, -0.1) is 0 Å². The van der Waals surface area contributed by atoms with Gasteiger partial charge < -0.3 is 0 Å². The zero-order chi connectivity index (χ0) is 8.93. The van der Waals surface area contributed by atoms with E-state index < -0.39 is 0 Å². The Morgan fingerprint density at radius 1 is 0.538 bits per heavy atom. The monoisotopic (exact) mass is 197 g/mol. The molecule has 0 bridgehead atoms. The second kappa shape index (κ2) is 5.35. The Kier molecular flexibility index (Phi) is 4.10. The molecule has 0 nitrogen and oxygen atoms in total. The summed E-state index contributed by atoms with van der Waals surface area (Å²) in [5.41, 5.74) is 2.20. The minimum Gasteiger partial charge on any atom is -0.0741 e. The molecule has 0 aromatic rings. The first-order valence-corrected chi connectivity index (χ1v) is 7.18. The van der Waals surface area contributed by atoms with Crippen LogP contribution in [-0.2, 0) is 0 Å². The van der Waals surface area contributed by atoms with Crippen LogP contribution in [0.2, 0.25) is 0 Å². The quantitative estimate of drug-likeness (QED) is 0.567. The lowest BCUT2D eigenvalue weighted by Crippen LogP contribution is -2.16. The third-order valence-electron chi connectivity index (χ3n) is 3.57. The first-order valence-electron chi connectivity index (χ1n) is 6.15. The van der Waals surface area contributed by atoms with E-state index in [0.29, 0.717) is 0 Å². The molecule has 2 aliphatic carbocycles. The Balaban J connectivity index is 1.68. The summed E-state index contributed by atoms with van der Waals surface area (Å²) in [6.45, 7) is 0. The van der Waals surface area contributed by atoms with Gasteiger partial charge in [0.25, 0.3) is 0 Å². The number of hydrogen-bond acceptors (Lipinski definition) is 0. The molecule has 1 heteroatoms. The van der Waals surface area contributed by atoms with Crippen molar-refractivity contribution in [2.75, 3.05) is 0 Å². The molecule has 0 unspecified atom stereocenters. The molecule has 0 amide bonds. The van der Waals surface area contributed by atoms with Gasteiger partial charge >= 0.3 is 0 Å². The fourth-order valence-corrected chi connectivity index (χ4v) is 4.34. The van der Waals surface area contributed by atoms with Gasteiger partial charge in [0.1, 0.15) is 0 Å². The number of rotatable bonds is 2. The molecule has 0 saturated heterocycles. The van der Waals surface area contributed by atoms with Crippen molar-refractivity contribution in [3.8, 4) is 0 Å². The lowest BCUT2D eigenvalue weighted by molar-refractivity contribution is 0.489. The number of hydrogen-bond donors (Lipinski definition) is 0. The second-order valence-corrected chi connectivity index (χ2v) is 6.49. The van der Waals surface area contributed by atoms with Crippen LogP contribution in [-0.4, -0.2) is 11.3 Å². The summed E-state index contributed by atoms with van der Waals surface area (Å²) in [7, 11) is 1.83. The van der Waals surface area contributed by atoms with Crippen LogP contribution in [0.5, 0.6) is 0 Å². The molecular weight excluding hydrogens is 175 g/mol. The van der Waals surface area contributed by atoms with Crippen LogP contribution in [0.25, 0.3) is 0 Å². The smallest absolute Gasteiger partial charge is 0.0168 e.